The largest absolute Gasteiger partial charge is 0.480 e. The molecule has 0 saturated heterocycles. The van der Waals surface area contributed by atoms with Crippen LogP contribution in [0.2, 0.25) is 0 Å². The summed E-state index contributed by atoms with van der Waals surface area (Å²) in [4.78, 5) is 11.5. The Bertz CT molecular complexity index is 277. The molecule has 1 unspecified atom stereocenters. The van der Waals surface area contributed by atoms with Crippen LogP contribution in [-0.4, -0.2) is 36.4 Å². The molecule has 0 radical (unpaired) electrons. The first kappa shape index (κ1) is 17.4. The number of carboxylic acid groups (broad SMARTS) is 1. The van der Waals surface area contributed by atoms with Gasteiger partial charge in [-0.1, -0.05) is 26.7 Å². The topological polar surface area (TPSA) is 58.6 Å². The summed E-state index contributed by atoms with van der Waals surface area (Å²) in [5.41, 5.74) is -0.771. The van der Waals surface area contributed by atoms with E-state index in [1.807, 2.05) is 6.92 Å². The van der Waals surface area contributed by atoms with E-state index in [2.05, 4.69) is 12.2 Å². The monoisotopic (exact) mass is 285 g/mol. The number of aliphatic carboxylic acids is 1. The lowest BCUT2D eigenvalue weighted by Crippen LogP contribution is -2.52. The van der Waals surface area contributed by atoms with Crippen LogP contribution in [0, 0.1) is 5.92 Å². The number of ether oxygens (including phenoxy) is 1. The second kappa shape index (κ2) is 9.35. The zero-order valence-electron chi connectivity index (χ0n) is 13.1. The minimum atomic E-state index is -0.771. The van der Waals surface area contributed by atoms with Crippen molar-refractivity contribution >= 4 is 5.97 Å². The van der Waals surface area contributed by atoms with Gasteiger partial charge in [0.15, 0.2) is 0 Å². The minimum Gasteiger partial charge on any atom is -0.480 e. The van der Waals surface area contributed by atoms with Gasteiger partial charge >= 0.3 is 5.97 Å². The van der Waals surface area contributed by atoms with Crippen LogP contribution in [0.5, 0.6) is 0 Å². The van der Waals surface area contributed by atoms with E-state index in [-0.39, 0.29) is 0 Å². The van der Waals surface area contributed by atoms with Gasteiger partial charge in [0.1, 0.15) is 5.54 Å². The number of hydrogen-bond acceptors (Lipinski definition) is 3. The molecule has 1 atom stereocenters. The Kier molecular flexibility index (Phi) is 8.15. The first-order valence-electron chi connectivity index (χ1n) is 8.20. The molecule has 20 heavy (non-hydrogen) atoms. The molecule has 2 N–H and O–H groups in total. The van der Waals surface area contributed by atoms with E-state index in [9.17, 15) is 9.90 Å². The van der Waals surface area contributed by atoms with Crippen LogP contribution in [0.3, 0.4) is 0 Å². The number of rotatable bonds is 11. The zero-order chi connectivity index (χ0) is 14.8. The van der Waals surface area contributed by atoms with E-state index in [0.717, 1.165) is 31.9 Å². The van der Waals surface area contributed by atoms with Crippen molar-refractivity contribution in [1.29, 1.82) is 0 Å². The van der Waals surface area contributed by atoms with Crippen molar-refractivity contribution in [3.05, 3.63) is 0 Å². The molecule has 0 aliphatic heterocycles. The first-order chi connectivity index (χ1) is 9.64. The van der Waals surface area contributed by atoms with Crippen LogP contribution < -0.4 is 5.32 Å². The molecule has 118 valence electrons. The zero-order valence-corrected chi connectivity index (χ0v) is 13.1. The smallest absolute Gasteiger partial charge is 0.323 e. The normalized spacial score (nSPS) is 19.1. The van der Waals surface area contributed by atoms with Gasteiger partial charge in [-0.2, -0.15) is 0 Å². The fourth-order valence-corrected chi connectivity index (χ4v) is 2.99. The molecule has 1 fully saturated rings. The Morgan fingerprint density at radius 2 is 2.05 bits per heavy atom. The second-order valence-electron chi connectivity index (χ2n) is 6.00. The summed E-state index contributed by atoms with van der Waals surface area (Å²) in [6.45, 7) is 6.28. The first-order valence-corrected chi connectivity index (χ1v) is 8.20. The molecule has 1 aliphatic carbocycles. The van der Waals surface area contributed by atoms with Crippen molar-refractivity contribution in [2.24, 2.45) is 5.92 Å². The summed E-state index contributed by atoms with van der Waals surface area (Å²) < 4.78 is 5.72. The van der Waals surface area contributed by atoms with Crippen molar-refractivity contribution in [2.45, 2.75) is 70.8 Å². The maximum Gasteiger partial charge on any atom is 0.323 e. The molecule has 0 amide bonds. The molecule has 0 spiro atoms. The maximum absolute atomic E-state index is 11.5. The van der Waals surface area contributed by atoms with E-state index in [0.29, 0.717) is 19.4 Å². The van der Waals surface area contributed by atoms with Crippen molar-refractivity contribution in [3.63, 3.8) is 0 Å². The lowest BCUT2D eigenvalue weighted by molar-refractivity contribution is -0.145. The van der Waals surface area contributed by atoms with Crippen LogP contribution in [-0.2, 0) is 9.53 Å². The highest BCUT2D eigenvalue weighted by molar-refractivity contribution is 5.78. The molecule has 1 saturated carbocycles. The van der Waals surface area contributed by atoms with Gasteiger partial charge < -0.3 is 15.2 Å². The molecule has 4 heteroatoms. The lowest BCUT2D eigenvalue weighted by Gasteiger charge is -2.29. The molecule has 4 nitrogen and oxygen atoms in total. The summed E-state index contributed by atoms with van der Waals surface area (Å²) in [6.07, 6.45) is 8.29. The van der Waals surface area contributed by atoms with Crippen LogP contribution >= 0.6 is 0 Å². The summed E-state index contributed by atoms with van der Waals surface area (Å²) >= 11 is 0. The highest BCUT2D eigenvalue weighted by Gasteiger charge is 2.35. The van der Waals surface area contributed by atoms with E-state index in [1.165, 1.54) is 25.7 Å². The predicted molar refractivity (Wildman–Crippen MR) is 81.0 cm³/mol. The van der Waals surface area contributed by atoms with Gasteiger partial charge in [-0.05, 0) is 51.0 Å². The number of nitrogens with one attached hydrogen (secondary N) is 1. The van der Waals surface area contributed by atoms with Gasteiger partial charge in [-0.3, -0.25) is 4.79 Å². The Hall–Kier alpha value is -0.610. The Labute approximate surface area is 123 Å². The summed E-state index contributed by atoms with van der Waals surface area (Å²) in [7, 11) is 0. The number of hydrogen-bond donors (Lipinski definition) is 2. The highest BCUT2D eigenvalue weighted by Crippen LogP contribution is 2.25. The molecule has 1 rings (SSSR count). The molecular formula is C16H31NO3. The van der Waals surface area contributed by atoms with Gasteiger partial charge in [0, 0.05) is 13.2 Å². The van der Waals surface area contributed by atoms with E-state index in [4.69, 9.17) is 4.74 Å². The van der Waals surface area contributed by atoms with Crippen molar-refractivity contribution in [3.8, 4) is 0 Å². The van der Waals surface area contributed by atoms with Gasteiger partial charge in [0.2, 0.25) is 0 Å². The van der Waals surface area contributed by atoms with Gasteiger partial charge in [-0.15, -0.1) is 0 Å². The second-order valence-corrected chi connectivity index (χ2v) is 6.00. The fraction of sp³-hybridized carbons (Fsp3) is 0.938. The van der Waals surface area contributed by atoms with E-state index in [1.54, 1.807) is 0 Å². The predicted octanol–water partition coefficient (Wildman–Crippen LogP) is 3.21. The SMILES string of the molecule is CCCNC(CC)(CCCOCC1CCCC1)C(=O)O. The Morgan fingerprint density at radius 1 is 1.35 bits per heavy atom. The molecule has 1 aliphatic rings. The summed E-state index contributed by atoms with van der Waals surface area (Å²) in [6, 6.07) is 0. The average molecular weight is 285 g/mol. The molecule has 0 aromatic rings. The van der Waals surface area contributed by atoms with Crippen molar-refractivity contribution < 1.29 is 14.6 Å². The third-order valence-corrected chi connectivity index (χ3v) is 4.45. The van der Waals surface area contributed by atoms with Crippen LogP contribution in [0.15, 0.2) is 0 Å². The quantitative estimate of drug-likeness (QED) is 0.572. The lowest BCUT2D eigenvalue weighted by atomic mass is 9.90. The average Bonchev–Trinajstić information content (AvgIpc) is 2.95. The van der Waals surface area contributed by atoms with Crippen LogP contribution in [0.25, 0.3) is 0 Å². The maximum atomic E-state index is 11.5. The third-order valence-electron chi connectivity index (χ3n) is 4.45. The highest BCUT2D eigenvalue weighted by atomic mass is 16.5. The molecule has 0 bridgehead atoms. The molecule has 0 aromatic carbocycles. The van der Waals surface area contributed by atoms with Crippen LogP contribution in [0.4, 0.5) is 0 Å². The molecule has 0 heterocycles. The van der Waals surface area contributed by atoms with Gasteiger partial charge in [0.25, 0.3) is 0 Å². The summed E-state index contributed by atoms with van der Waals surface area (Å²) in [5.74, 6) is 0.00728. The van der Waals surface area contributed by atoms with Crippen molar-refractivity contribution in [1.82, 2.24) is 5.32 Å². The minimum absolute atomic E-state index is 0.616. The molecule has 0 aromatic heterocycles. The Morgan fingerprint density at radius 3 is 2.60 bits per heavy atom. The summed E-state index contributed by atoms with van der Waals surface area (Å²) in [5, 5.41) is 12.7. The third kappa shape index (κ3) is 5.41. The van der Waals surface area contributed by atoms with E-state index >= 15 is 0 Å². The molecular weight excluding hydrogens is 254 g/mol. The van der Waals surface area contributed by atoms with Gasteiger partial charge in [-0.25, -0.2) is 0 Å². The standard InChI is InChI=1S/C16H31NO3/c1-3-11-17-16(4-2,15(18)19)10-7-12-20-13-14-8-5-6-9-14/h14,17H,3-13H2,1-2H3,(H,18,19). The van der Waals surface area contributed by atoms with Crippen LogP contribution in [0.1, 0.15) is 65.2 Å². The van der Waals surface area contributed by atoms with Crippen molar-refractivity contribution in [2.75, 3.05) is 19.8 Å². The van der Waals surface area contributed by atoms with Gasteiger partial charge in [0.05, 0.1) is 0 Å². The van der Waals surface area contributed by atoms with E-state index < -0.39 is 11.5 Å². The number of carboxylic acids is 1. The fourth-order valence-electron chi connectivity index (χ4n) is 2.99. The Balaban J connectivity index is 2.24. The number of carbonyl (C=O) groups is 1.